The lowest BCUT2D eigenvalue weighted by molar-refractivity contribution is -0.159. The highest BCUT2D eigenvalue weighted by Crippen LogP contribution is 2.28. The fraction of sp³-hybridized carbons (Fsp3) is 0.529. The van der Waals surface area contributed by atoms with E-state index in [0.717, 1.165) is 16.8 Å². The zero-order valence-electron chi connectivity index (χ0n) is 13.4. The average molecular weight is 289 g/mol. The molecule has 1 aromatic carbocycles. The molecule has 0 N–H and O–H groups in total. The third-order valence-corrected chi connectivity index (χ3v) is 3.38. The first kappa shape index (κ1) is 15.5. The van der Waals surface area contributed by atoms with Crippen molar-refractivity contribution in [2.24, 2.45) is 5.92 Å². The molecular weight excluding hydrogens is 266 g/mol. The molecule has 2 rings (SSSR count). The third kappa shape index (κ3) is 3.84. The largest absolute Gasteiger partial charge is 0.460 e. The van der Waals surface area contributed by atoms with Gasteiger partial charge >= 0.3 is 5.97 Å². The molecular formula is C17H23NO3. The van der Waals surface area contributed by atoms with E-state index in [1.807, 2.05) is 46.8 Å². The summed E-state index contributed by atoms with van der Waals surface area (Å²) in [7, 11) is 0. The van der Waals surface area contributed by atoms with Crippen molar-refractivity contribution in [2.75, 3.05) is 11.4 Å². The summed E-state index contributed by atoms with van der Waals surface area (Å²) in [5.74, 6) is -0.684. The maximum Gasteiger partial charge on any atom is 0.311 e. The first-order chi connectivity index (χ1) is 9.65. The van der Waals surface area contributed by atoms with Crippen LogP contribution >= 0.6 is 0 Å². The van der Waals surface area contributed by atoms with Gasteiger partial charge in [-0.3, -0.25) is 9.59 Å². The molecule has 1 saturated heterocycles. The number of benzene rings is 1. The number of nitrogens with zero attached hydrogens (tertiary/aromatic N) is 1. The van der Waals surface area contributed by atoms with Crippen LogP contribution in [0.5, 0.6) is 0 Å². The number of esters is 1. The standard InChI is InChI=1S/C17H23NO3/c1-11-6-12(2)8-14(7-11)18-10-13(9-15(18)19)16(20)21-17(3,4)5/h6-8,13H,9-10H2,1-5H3. The Kier molecular flexibility index (Phi) is 4.08. The van der Waals surface area contributed by atoms with E-state index in [4.69, 9.17) is 4.74 Å². The van der Waals surface area contributed by atoms with Gasteiger partial charge in [-0.15, -0.1) is 0 Å². The van der Waals surface area contributed by atoms with E-state index in [1.54, 1.807) is 4.90 Å². The lowest BCUT2D eigenvalue weighted by Crippen LogP contribution is -2.31. The van der Waals surface area contributed by atoms with Crippen molar-refractivity contribution in [1.82, 2.24) is 0 Å². The normalized spacial score (nSPS) is 19.0. The fourth-order valence-corrected chi connectivity index (χ4v) is 2.61. The van der Waals surface area contributed by atoms with Crippen LogP contribution < -0.4 is 4.90 Å². The van der Waals surface area contributed by atoms with Crippen molar-refractivity contribution in [2.45, 2.75) is 46.6 Å². The summed E-state index contributed by atoms with van der Waals surface area (Å²) in [5, 5.41) is 0. The number of ether oxygens (including phenoxy) is 1. The van der Waals surface area contributed by atoms with Crippen molar-refractivity contribution in [1.29, 1.82) is 0 Å². The Hall–Kier alpha value is -1.84. The number of carbonyl (C=O) groups excluding carboxylic acids is 2. The van der Waals surface area contributed by atoms with Gasteiger partial charge in [0, 0.05) is 18.7 Å². The molecule has 1 unspecified atom stereocenters. The highest BCUT2D eigenvalue weighted by atomic mass is 16.6. The summed E-state index contributed by atoms with van der Waals surface area (Å²) in [6, 6.07) is 6.01. The van der Waals surface area contributed by atoms with Crippen molar-refractivity contribution in [3.8, 4) is 0 Å². The van der Waals surface area contributed by atoms with E-state index < -0.39 is 5.60 Å². The van der Waals surface area contributed by atoms with Crippen LogP contribution in [0, 0.1) is 19.8 Å². The molecule has 1 heterocycles. The van der Waals surface area contributed by atoms with E-state index >= 15 is 0 Å². The Labute approximate surface area is 126 Å². The van der Waals surface area contributed by atoms with Crippen LogP contribution in [0.15, 0.2) is 18.2 Å². The Bertz CT molecular complexity index is 552. The number of hydrogen-bond acceptors (Lipinski definition) is 3. The molecule has 0 spiro atoms. The summed E-state index contributed by atoms with van der Waals surface area (Å²) in [6.45, 7) is 9.91. The molecule has 0 bridgehead atoms. The summed E-state index contributed by atoms with van der Waals surface area (Å²) in [6.07, 6.45) is 0.224. The minimum atomic E-state index is -0.520. The van der Waals surface area contributed by atoms with Gasteiger partial charge in [-0.1, -0.05) is 6.07 Å². The molecule has 1 aromatic rings. The van der Waals surface area contributed by atoms with E-state index in [-0.39, 0.29) is 24.2 Å². The maximum atomic E-state index is 12.2. The highest BCUT2D eigenvalue weighted by molar-refractivity contribution is 5.99. The molecule has 4 heteroatoms. The van der Waals surface area contributed by atoms with Gasteiger partial charge in [0.2, 0.25) is 5.91 Å². The van der Waals surface area contributed by atoms with Gasteiger partial charge < -0.3 is 9.64 Å². The van der Waals surface area contributed by atoms with Gasteiger partial charge in [-0.05, 0) is 57.9 Å². The quantitative estimate of drug-likeness (QED) is 0.786. The Morgan fingerprint density at radius 2 is 1.76 bits per heavy atom. The predicted octanol–water partition coefficient (Wildman–Crippen LogP) is 3.00. The minimum absolute atomic E-state index is 0.0177. The minimum Gasteiger partial charge on any atom is -0.460 e. The summed E-state index contributed by atoms with van der Waals surface area (Å²) < 4.78 is 5.38. The van der Waals surface area contributed by atoms with Crippen molar-refractivity contribution < 1.29 is 14.3 Å². The number of hydrogen-bond donors (Lipinski definition) is 0. The van der Waals surface area contributed by atoms with Crippen molar-refractivity contribution >= 4 is 17.6 Å². The average Bonchev–Trinajstić information content (AvgIpc) is 2.68. The molecule has 1 aliphatic rings. The van der Waals surface area contributed by atoms with Crippen LogP contribution in [0.25, 0.3) is 0 Å². The van der Waals surface area contributed by atoms with Gasteiger partial charge in [0.25, 0.3) is 0 Å². The molecule has 1 atom stereocenters. The molecule has 114 valence electrons. The Morgan fingerprint density at radius 3 is 2.29 bits per heavy atom. The zero-order chi connectivity index (χ0) is 15.8. The van der Waals surface area contributed by atoms with Crippen LogP contribution in [0.3, 0.4) is 0 Å². The monoisotopic (exact) mass is 289 g/mol. The number of amides is 1. The SMILES string of the molecule is Cc1cc(C)cc(N2CC(C(=O)OC(C)(C)C)CC2=O)c1. The van der Waals surface area contributed by atoms with Crippen LogP contribution in [0.1, 0.15) is 38.3 Å². The van der Waals surface area contributed by atoms with E-state index in [2.05, 4.69) is 6.07 Å². The van der Waals surface area contributed by atoms with E-state index in [0.29, 0.717) is 6.54 Å². The highest BCUT2D eigenvalue weighted by Gasteiger charge is 2.37. The van der Waals surface area contributed by atoms with Crippen LogP contribution in [0.2, 0.25) is 0 Å². The van der Waals surface area contributed by atoms with Gasteiger partial charge in [-0.25, -0.2) is 0 Å². The van der Waals surface area contributed by atoms with Crippen molar-refractivity contribution in [3.63, 3.8) is 0 Å². The van der Waals surface area contributed by atoms with Gasteiger partial charge in [-0.2, -0.15) is 0 Å². The molecule has 1 aliphatic heterocycles. The van der Waals surface area contributed by atoms with Crippen LogP contribution in [-0.4, -0.2) is 24.0 Å². The van der Waals surface area contributed by atoms with Gasteiger partial charge in [0.1, 0.15) is 5.60 Å². The topological polar surface area (TPSA) is 46.6 Å². The van der Waals surface area contributed by atoms with Gasteiger partial charge in [0.15, 0.2) is 0 Å². The molecule has 0 aromatic heterocycles. The molecule has 0 aliphatic carbocycles. The molecule has 0 saturated carbocycles. The summed E-state index contributed by atoms with van der Waals surface area (Å²) >= 11 is 0. The second kappa shape index (κ2) is 5.51. The number of anilines is 1. The van der Waals surface area contributed by atoms with Crippen LogP contribution in [-0.2, 0) is 14.3 Å². The maximum absolute atomic E-state index is 12.2. The second-order valence-corrected chi connectivity index (χ2v) is 6.78. The second-order valence-electron chi connectivity index (χ2n) is 6.78. The lowest BCUT2D eigenvalue weighted by Gasteiger charge is -2.22. The zero-order valence-corrected chi connectivity index (χ0v) is 13.4. The van der Waals surface area contributed by atoms with Crippen LogP contribution in [0.4, 0.5) is 5.69 Å². The lowest BCUT2D eigenvalue weighted by atomic mass is 10.1. The summed E-state index contributed by atoms with van der Waals surface area (Å²) in [4.78, 5) is 26.0. The first-order valence-electron chi connectivity index (χ1n) is 7.27. The molecule has 21 heavy (non-hydrogen) atoms. The van der Waals surface area contributed by atoms with E-state index in [9.17, 15) is 9.59 Å². The van der Waals surface area contributed by atoms with Crippen molar-refractivity contribution in [3.05, 3.63) is 29.3 Å². The fourth-order valence-electron chi connectivity index (χ4n) is 2.61. The van der Waals surface area contributed by atoms with E-state index in [1.165, 1.54) is 0 Å². The molecule has 1 fully saturated rings. The predicted molar refractivity (Wildman–Crippen MR) is 82.2 cm³/mol. The summed E-state index contributed by atoms with van der Waals surface area (Å²) in [5.41, 5.74) is 2.56. The van der Waals surface area contributed by atoms with Gasteiger partial charge in [0.05, 0.1) is 5.92 Å². The number of rotatable bonds is 2. The number of aryl methyl sites for hydroxylation is 2. The third-order valence-electron chi connectivity index (χ3n) is 3.38. The molecule has 1 amide bonds. The Balaban J connectivity index is 2.14. The Morgan fingerprint density at radius 1 is 1.19 bits per heavy atom. The first-order valence-corrected chi connectivity index (χ1v) is 7.27. The number of carbonyl (C=O) groups is 2. The molecule has 0 radical (unpaired) electrons. The molecule has 4 nitrogen and oxygen atoms in total. The smallest absolute Gasteiger partial charge is 0.311 e.